The minimum absolute atomic E-state index is 0.0287. The van der Waals surface area contributed by atoms with Crippen LogP contribution in [-0.2, 0) is 22.4 Å². The van der Waals surface area contributed by atoms with Crippen molar-refractivity contribution in [3.05, 3.63) is 46.4 Å². The van der Waals surface area contributed by atoms with Gasteiger partial charge in [0.1, 0.15) is 17.5 Å². The largest absolute Gasteiger partial charge is 0.444 e. The lowest BCUT2D eigenvalue weighted by molar-refractivity contribution is -0.135. The van der Waals surface area contributed by atoms with Gasteiger partial charge in [-0.2, -0.15) is 0 Å². The quantitative estimate of drug-likeness (QED) is 0.579. The van der Waals surface area contributed by atoms with Gasteiger partial charge in [0, 0.05) is 37.4 Å². The van der Waals surface area contributed by atoms with Crippen molar-refractivity contribution in [2.75, 3.05) is 36.4 Å². The zero-order valence-corrected chi connectivity index (χ0v) is 20.9. The van der Waals surface area contributed by atoms with E-state index in [4.69, 9.17) is 16.3 Å². The summed E-state index contributed by atoms with van der Waals surface area (Å²) >= 11 is 6.32. The Bertz CT molecular complexity index is 1170. The molecule has 35 heavy (non-hydrogen) atoms. The van der Waals surface area contributed by atoms with E-state index >= 15 is 0 Å². The fourth-order valence-electron chi connectivity index (χ4n) is 5.25. The summed E-state index contributed by atoms with van der Waals surface area (Å²) in [5, 5.41) is 14.5. The Morgan fingerprint density at radius 3 is 2.63 bits per heavy atom. The van der Waals surface area contributed by atoms with Crippen molar-refractivity contribution in [3.8, 4) is 0 Å². The second-order valence-corrected chi connectivity index (χ2v) is 10.8. The van der Waals surface area contributed by atoms with Crippen LogP contribution < -0.4 is 10.2 Å². The monoisotopic (exact) mass is 499 g/mol. The number of hydrogen-bond donors (Lipinski definition) is 2. The molecule has 1 aromatic carbocycles. The molecule has 2 amide bonds. The molecule has 2 unspecified atom stereocenters. The number of para-hydroxylation sites is 1. The zero-order valence-electron chi connectivity index (χ0n) is 20.2. The smallest absolute Gasteiger partial charge is 0.410 e. The number of fused-ring (bicyclic) bond motifs is 2. The fourth-order valence-corrected chi connectivity index (χ4v) is 5.42. The summed E-state index contributed by atoms with van der Waals surface area (Å²) in [6.07, 6.45) is 0.00166. The summed E-state index contributed by atoms with van der Waals surface area (Å²) in [5.74, 6) is 0.464. The average molecular weight is 500 g/mol. The Hall–Kier alpha value is -2.91. The van der Waals surface area contributed by atoms with Gasteiger partial charge >= 0.3 is 6.09 Å². The first-order valence-electron chi connectivity index (χ1n) is 11.9. The lowest BCUT2D eigenvalue weighted by Gasteiger charge is -2.44. The number of anilines is 2. The number of carbonyl (C=O) groups is 2. The van der Waals surface area contributed by atoms with Crippen molar-refractivity contribution in [2.45, 2.75) is 51.7 Å². The summed E-state index contributed by atoms with van der Waals surface area (Å²) < 4.78 is 5.49. The van der Waals surface area contributed by atoms with Gasteiger partial charge in [-0.15, -0.1) is 0 Å². The van der Waals surface area contributed by atoms with Gasteiger partial charge < -0.3 is 25.0 Å². The molecule has 0 saturated carbocycles. The third-order valence-corrected chi connectivity index (χ3v) is 7.22. The van der Waals surface area contributed by atoms with E-state index in [1.165, 1.54) is 0 Å². The molecule has 186 valence electrons. The highest BCUT2D eigenvalue weighted by atomic mass is 35.5. The molecule has 1 fully saturated rings. The Morgan fingerprint density at radius 2 is 1.91 bits per heavy atom. The van der Waals surface area contributed by atoms with E-state index in [9.17, 15) is 14.7 Å². The van der Waals surface area contributed by atoms with E-state index in [1.807, 2.05) is 45.0 Å². The van der Waals surface area contributed by atoms with Crippen LogP contribution in [0.5, 0.6) is 0 Å². The zero-order chi connectivity index (χ0) is 25.0. The number of ether oxygens (including phenoxy) is 1. The molecular formula is C25H30ClN5O4. The van der Waals surface area contributed by atoms with E-state index in [-0.39, 0.29) is 17.3 Å². The predicted molar refractivity (Wildman–Crippen MR) is 132 cm³/mol. The molecule has 0 radical (unpaired) electrons. The third kappa shape index (κ3) is 4.31. The maximum atomic E-state index is 13.2. The van der Waals surface area contributed by atoms with E-state index in [0.29, 0.717) is 57.0 Å². The van der Waals surface area contributed by atoms with Crippen molar-refractivity contribution in [3.63, 3.8) is 0 Å². The number of rotatable bonds is 1. The van der Waals surface area contributed by atoms with Gasteiger partial charge in [0.15, 0.2) is 0 Å². The molecule has 3 aliphatic rings. The van der Waals surface area contributed by atoms with Crippen molar-refractivity contribution in [1.29, 1.82) is 0 Å². The summed E-state index contributed by atoms with van der Waals surface area (Å²) in [4.78, 5) is 38.3. The Morgan fingerprint density at radius 1 is 1.20 bits per heavy atom. The van der Waals surface area contributed by atoms with Crippen LogP contribution in [0.2, 0.25) is 5.28 Å². The molecule has 10 heteroatoms. The van der Waals surface area contributed by atoms with Gasteiger partial charge in [0.05, 0.1) is 11.1 Å². The number of halogens is 1. The van der Waals surface area contributed by atoms with Crippen molar-refractivity contribution in [1.82, 2.24) is 14.9 Å². The number of nitrogens with zero attached hydrogens (tertiary/aromatic N) is 4. The lowest BCUT2D eigenvalue weighted by atomic mass is 9.65. The van der Waals surface area contributed by atoms with Crippen molar-refractivity contribution in [2.24, 2.45) is 5.41 Å². The Kier molecular flexibility index (Phi) is 5.88. The van der Waals surface area contributed by atoms with Crippen LogP contribution in [0.15, 0.2) is 24.3 Å². The number of aromatic nitrogens is 2. The second kappa shape index (κ2) is 8.64. The van der Waals surface area contributed by atoms with Gasteiger partial charge in [-0.1, -0.05) is 18.2 Å². The molecule has 1 aromatic heterocycles. The molecule has 1 saturated heterocycles. The number of nitrogens with one attached hydrogen (secondary N) is 1. The van der Waals surface area contributed by atoms with Crippen LogP contribution in [0, 0.1) is 5.41 Å². The molecule has 5 rings (SSSR count). The first-order chi connectivity index (χ1) is 16.6. The van der Waals surface area contributed by atoms with E-state index < -0.39 is 17.1 Å². The van der Waals surface area contributed by atoms with Crippen molar-refractivity contribution >= 4 is 35.1 Å². The van der Waals surface area contributed by atoms with Gasteiger partial charge in [0.25, 0.3) is 0 Å². The number of carbonyl (C=O) groups excluding carboxylic acids is 2. The molecular weight excluding hydrogens is 470 g/mol. The summed E-state index contributed by atoms with van der Waals surface area (Å²) in [6, 6.07) is 7.66. The van der Waals surface area contributed by atoms with Gasteiger partial charge in [0.2, 0.25) is 11.2 Å². The predicted octanol–water partition coefficient (Wildman–Crippen LogP) is 3.35. The highest BCUT2D eigenvalue weighted by Crippen LogP contribution is 2.50. The number of amides is 2. The number of benzene rings is 1. The van der Waals surface area contributed by atoms with Crippen LogP contribution in [0.1, 0.15) is 50.1 Å². The van der Waals surface area contributed by atoms with E-state index in [1.54, 1.807) is 4.90 Å². The molecule has 0 bridgehead atoms. The van der Waals surface area contributed by atoms with Gasteiger partial charge in [-0.05, 0) is 63.3 Å². The standard InChI is InChI=1S/C25H30ClN5O4/c1-24(2,3)35-23(34)31-12-10-30(11-13-31)20-16-8-9-25(19(32)18(16)28-22(26)29-20)14-15-6-4-5-7-17(15)27-21(25)33/h4-7,19,32H,8-14H2,1-3H3,(H,27,33). The Balaban J connectivity index is 1.39. The van der Waals surface area contributed by atoms with Gasteiger partial charge in [-0.3, -0.25) is 4.79 Å². The van der Waals surface area contributed by atoms with Crippen LogP contribution in [0.4, 0.5) is 16.3 Å². The molecule has 2 aromatic rings. The van der Waals surface area contributed by atoms with Crippen LogP contribution in [0.25, 0.3) is 0 Å². The minimum atomic E-state index is -1.11. The molecule has 9 nitrogen and oxygen atoms in total. The number of piperazine rings is 1. The second-order valence-electron chi connectivity index (χ2n) is 10.5. The molecule has 2 N–H and O–H groups in total. The highest BCUT2D eigenvalue weighted by Gasteiger charge is 2.52. The number of aliphatic hydroxyl groups excluding tert-OH is 1. The highest BCUT2D eigenvalue weighted by molar-refractivity contribution is 6.28. The van der Waals surface area contributed by atoms with E-state index in [0.717, 1.165) is 16.8 Å². The third-order valence-electron chi connectivity index (χ3n) is 7.05. The number of hydrogen-bond acceptors (Lipinski definition) is 7. The maximum absolute atomic E-state index is 13.2. The lowest BCUT2D eigenvalue weighted by Crippen LogP contribution is -2.51. The summed E-state index contributed by atoms with van der Waals surface area (Å²) in [7, 11) is 0. The van der Waals surface area contributed by atoms with Crippen molar-refractivity contribution < 1.29 is 19.4 Å². The first kappa shape index (κ1) is 23.8. The molecule has 1 spiro atoms. The van der Waals surface area contributed by atoms with Crippen LogP contribution in [-0.4, -0.2) is 63.8 Å². The Labute approximate surface area is 209 Å². The topological polar surface area (TPSA) is 108 Å². The molecule has 2 aliphatic heterocycles. The molecule has 3 heterocycles. The van der Waals surface area contributed by atoms with Crippen LogP contribution >= 0.6 is 11.6 Å². The SMILES string of the molecule is CC(C)(C)OC(=O)N1CCN(c2nc(Cl)nc3c2CCC2(Cc4ccccc4NC2=O)C3O)CC1. The molecule has 2 atom stereocenters. The summed E-state index contributed by atoms with van der Waals surface area (Å²) in [6.45, 7) is 7.61. The summed E-state index contributed by atoms with van der Waals surface area (Å²) in [5.41, 5.74) is 1.44. The fraction of sp³-hybridized carbons (Fsp3) is 0.520. The maximum Gasteiger partial charge on any atom is 0.410 e. The average Bonchev–Trinajstić information content (AvgIpc) is 2.81. The van der Waals surface area contributed by atoms with Gasteiger partial charge in [-0.25, -0.2) is 14.8 Å². The molecule has 1 aliphatic carbocycles. The number of aliphatic hydroxyl groups is 1. The van der Waals surface area contributed by atoms with E-state index in [2.05, 4.69) is 20.2 Å². The normalized spacial score (nSPS) is 24.0. The minimum Gasteiger partial charge on any atom is -0.444 e. The van der Waals surface area contributed by atoms with Crippen LogP contribution in [0.3, 0.4) is 0 Å². The first-order valence-corrected chi connectivity index (χ1v) is 12.3.